The van der Waals surface area contributed by atoms with Crippen LogP contribution in [0.15, 0.2) is 42.5 Å². The highest BCUT2D eigenvalue weighted by Gasteiger charge is 2.12. The predicted octanol–water partition coefficient (Wildman–Crippen LogP) is 1.73. The molecule has 0 aliphatic carbocycles. The van der Waals surface area contributed by atoms with Gasteiger partial charge in [0.05, 0.1) is 13.7 Å². The summed E-state index contributed by atoms with van der Waals surface area (Å²) in [6.45, 7) is 0.645. The number of aromatic nitrogens is 4. The van der Waals surface area contributed by atoms with Crippen LogP contribution in [0.25, 0.3) is 0 Å². The SMILES string of the molecule is COc1cccc(CNn2nnnc2N)c1OCc1ccc(F)cc1. The van der Waals surface area contributed by atoms with E-state index in [-0.39, 0.29) is 18.4 Å². The third-order valence-corrected chi connectivity index (χ3v) is 3.49. The summed E-state index contributed by atoms with van der Waals surface area (Å²) < 4.78 is 24.3. The van der Waals surface area contributed by atoms with Gasteiger partial charge in [-0.05, 0) is 34.2 Å². The number of hydrogen-bond acceptors (Lipinski definition) is 7. The van der Waals surface area contributed by atoms with Crippen LogP contribution in [0, 0.1) is 5.82 Å². The molecule has 0 radical (unpaired) electrons. The number of nitrogens with two attached hydrogens (primary N) is 1. The minimum Gasteiger partial charge on any atom is -0.493 e. The molecule has 8 nitrogen and oxygen atoms in total. The van der Waals surface area contributed by atoms with Gasteiger partial charge in [0.1, 0.15) is 12.4 Å². The maximum absolute atomic E-state index is 13.0. The van der Waals surface area contributed by atoms with Gasteiger partial charge in [-0.3, -0.25) is 0 Å². The molecule has 130 valence electrons. The van der Waals surface area contributed by atoms with Gasteiger partial charge in [0.25, 0.3) is 5.95 Å². The number of methoxy groups -OCH3 is 1. The Morgan fingerprint density at radius 3 is 2.68 bits per heavy atom. The summed E-state index contributed by atoms with van der Waals surface area (Å²) >= 11 is 0. The van der Waals surface area contributed by atoms with Crippen molar-refractivity contribution in [1.82, 2.24) is 20.3 Å². The van der Waals surface area contributed by atoms with Crippen LogP contribution in [0.2, 0.25) is 0 Å². The van der Waals surface area contributed by atoms with Gasteiger partial charge in [0.2, 0.25) is 0 Å². The molecule has 3 N–H and O–H groups in total. The van der Waals surface area contributed by atoms with Crippen LogP contribution in [0.3, 0.4) is 0 Å². The summed E-state index contributed by atoms with van der Waals surface area (Å²) in [5.74, 6) is 1.03. The Kier molecular flexibility index (Phi) is 4.93. The van der Waals surface area contributed by atoms with Crippen molar-refractivity contribution >= 4 is 5.95 Å². The van der Waals surface area contributed by atoms with Crippen molar-refractivity contribution in [1.29, 1.82) is 0 Å². The van der Waals surface area contributed by atoms with E-state index < -0.39 is 0 Å². The van der Waals surface area contributed by atoms with Crippen LogP contribution in [-0.4, -0.2) is 27.4 Å². The topological polar surface area (TPSA) is 100 Å². The largest absolute Gasteiger partial charge is 0.493 e. The highest BCUT2D eigenvalue weighted by molar-refractivity contribution is 5.47. The molecular weight excluding hydrogens is 327 g/mol. The molecule has 1 aromatic heterocycles. The molecule has 2 aromatic carbocycles. The molecule has 9 heteroatoms. The average Bonchev–Trinajstić information content (AvgIpc) is 3.04. The van der Waals surface area contributed by atoms with Crippen molar-refractivity contribution in [2.24, 2.45) is 0 Å². The average molecular weight is 344 g/mol. The zero-order valence-electron chi connectivity index (χ0n) is 13.5. The number of hydrogen-bond donors (Lipinski definition) is 2. The molecule has 0 atom stereocenters. The number of benzene rings is 2. The molecule has 0 saturated carbocycles. The number of tetrazole rings is 1. The van der Waals surface area contributed by atoms with E-state index in [4.69, 9.17) is 15.2 Å². The van der Waals surface area contributed by atoms with Crippen LogP contribution in [0.5, 0.6) is 11.5 Å². The summed E-state index contributed by atoms with van der Waals surface area (Å²) in [6, 6.07) is 11.7. The van der Waals surface area contributed by atoms with Crippen molar-refractivity contribution in [3.63, 3.8) is 0 Å². The minimum atomic E-state index is -0.287. The number of nitrogens with one attached hydrogen (secondary N) is 1. The predicted molar refractivity (Wildman–Crippen MR) is 89.0 cm³/mol. The number of rotatable bonds is 7. The summed E-state index contributed by atoms with van der Waals surface area (Å²) in [5.41, 5.74) is 10.3. The van der Waals surface area contributed by atoms with Crippen LogP contribution >= 0.6 is 0 Å². The van der Waals surface area contributed by atoms with Gasteiger partial charge >= 0.3 is 0 Å². The molecule has 0 fully saturated rings. The second-order valence-electron chi connectivity index (χ2n) is 5.15. The summed E-state index contributed by atoms with van der Waals surface area (Å²) in [7, 11) is 1.57. The van der Waals surface area contributed by atoms with Crippen LogP contribution in [0.1, 0.15) is 11.1 Å². The Hall–Kier alpha value is -3.36. The van der Waals surface area contributed by atoms with Crippen molar-refractivity contribution < 1.29 is 13.9 Å². The lowest BCUT2D eigenvalue weighted by molar-refractivity contribution is 0.281. The second-order valence-corrected chi connectivity index (χ2v) is 5.15. The number of anilines is 1. The van der Waals surface area contributed by atoms with Gasteiger partial charge in [0.15, 0.2) is 11.5 Å². The Morgan fingerprint density at radius 2 is 2.00 bits per heavy atom. The lowest BCUT2D eigenvalue weighted by Gasteiger charge is -2.16. The molecule has 0 spiro atoms. The van der Waals surface area contributed by atoms with Gasteiger partial charge in [0, 0.05) is 5.56 Å². The molecule has 3 rings (SSSR count). The lowest BCUT2D eigenvalue weighted by atomic mass is 10.2. The first-order chi connectivity index (χ1) is 12.2. The first kappa shape index (κ1) is 16.5. The van der Waals surface area contributed by atoms with E-state index in [0.29, 0.717) is 18.0 Å². The number of nitrogen functional groups attached to an aromatic ring is 1. The van der Waals surface area contributed by atoms with E-state index in [2.05, 4.69) is 21.0 Å². The monoisotopic (exact) mass is 344 g/mol. The zero-order valence-corrected chi connectivity index (χ0v) is 13.5. The van der Waals surface area contributed by atoms with Gasteiger partial charge in [-0.15, -0.1) is 4.79 Å². The van der Waals surface area contributed by atoms with E-state index in [9.17, 15) is 4.39 Å². The highest BCUT2D eigenvalue weighted by atomic mass is 19.1. The molecule has 3 aromatic rings. The Balaban J connectivity index is 1.76. The van der Waals surface area contributed by atoms with Gasteiger partial charge in [-0.2, -0.15) is 0 Å². The highest BCUT2D eigenvalue weighted by Crippen LogP contribution is 2.32. The summed E-state index contributed by atoms with van der Waals surface area (Å²) in [5, 5.41) is 10.8. The van der Waals surface area contributed by atoms with Gasteiger partial charge in [-0.25, -0.2) is 4.39 Å². The molecule has 1 heterocycles. The molecule has 25 heavy (non-hydrogen) atoms. The minimum absolute atomic E-state index is 0.150. The quantitative estimate of drug-likeness (QED) is 0.673. The fraction of sp³-hybridized carbons (Fsp3) is 0.188. The molecule has 0 aliphatic heterocycles. The maximum atomic E-state index is 13.0. The van der Waals surface area contributed by atoms with Crippen molar-refractivity contribution in [2.45, 2.75) is 13.2 Å². The molecule has 0 bridgehead atoms. The summed E-state index contributed by atoms with van der Waals surface area (Å²) in [6.07, 6.45) is 0. The maximum Gasteiger partial charge on any atom is 0.260 e. The van der Waals surface area contributed by atoms with E-state index >= 15 is 0 Å². The van der Waals surface area contributed by atoms with E-state index in [1.54, 1.807) is 25.3 Å². The first-order valence-corrected chi connectivity index (χ1v) is 7.48. The first-order valence-electron chi connectivity index (χ1n) is 7.48. The van der Waals surface area contributed by atoms with Crippen molar-refractivity contribution in [2.75, 3.05) is 18.3 Å². The Bertz CT molecular complexity index is 837. The van der Waals surface area contributed by atoms with Gasteiger partial charge in [-0.1, -0.05) is 29.4 Å². The molecular formula is C16H17FN6O2. The molecule has 0 amide bonds. The number of nitrogens with zero attached hydrogens (tertiary/aromatic N) is 4. The standard InChI is InChI=1S/C16H17FN6O2/c1-24-14-4-2-3-12(9-19-23-16(18)20-21-22-23)15(14)25-10-11-5-7-13(17)8-6-11/h2-8,19H,9-10H2,1H3,(H2,18,20,22). The fourth-order valence-corrected chi connectivity index (χ4v) is 2.23. The molecule has 0 saturated heterocycles. The smallest absolute Gasteiger partial charge is 0.260 e. The van der Waals surface area contributed by atoms with E-state index in [0.717, 1.165) is 11.1 Å². The Labute approximate surface area is 143 Å². The van der Waals surface area contributed by atoms with Crippen molar-refractivity contribution in [3.05, 3.63) is 59.4 Å². The second kappa shape index (κ2) is 7.47. The molecule has 0 unspecified atom stereocenters. The van der Waals surface area contributed by atoms with Crippen LogP contribution in [0.4, 0.5) is 10.3 Å². The number of para-hydroxylation sites is 1. The van der Waals surface area contributed by atoms with Crippen molar-refractivity contribution in [3.8, 4) is 11.5 Å². The fourth-order valence-electron chi connectivity index (χ4n) is 2.23. The zero-order chi connectivity index (χ0) is 17.6. The number of halogens is 1. The third kappa shape index (κ3) is 3.94. The number of ether oxygens (including phenoxy) is 2. The summed E-state index contributed by atoms with van der Waals surface area (Å²) in [4.78, 5) is 1.27. The van der Waals surface area contributed by atoms with Crippen LogP contribution in [-0.2, 0) is 13.2 Å². The lowest BCUT2D eigenvalue weighted by Crippen LogP contribution is -2.19. The van der Waals surface area contributed by atoms with E-state index in [1.807, 2.05) is 12.1 Å². The van der Waals surface area contributed by atoms with Crippen LogP contribution < -0.4 is 20.6 Å². The normalized spacial score (nSPS) is 10.5. The molecule has 0 aliphatic rings. The third-order valence-electron chi connectivity index (χ3n) is 3.49. The van der Waals surface area contributed by atoms with Gasteiger partial charge < -0.3 is 20.6 Å². The van der Waals surface area contributed by atoms with E-state index in [1.165, 1.54) is 16.9 Å². The Morgan fingerprint density at radius 1 is 1.20 bits per heavy atom.